The summed E-state index contributed by atoms with van der Waals surface area (Å²) >= 11 is 0. The lowest BCUT2D eigenvalue weighted by atomic mass is 10.0. The maximum atomic E-state index is 12.4. The Labute approximate surface area is 120 Å². The monoisotopic (exact) mass is 293 g/mol. The second-order valence-corrected chi connectivity index (χ2v) is 6.97. The molecule has 1 aromatic heterocycles. The van der Waals surface area contributed by atoms with E-state index < -0.39 is 10.0 Å². The SMILES string of the molecule is CC1(NS(=O)(=O)c2cncc(C#CCN)c2)CCCC1. The molecule has 1 heterocycles. The van der Waals surface area contributed by atoms with Gasteiger partial charge in [-0.3, -0.25) is 4.98 Å². The Balaban J connectivity index is 2.25. The lowest BCUT2D eigenvalue weighted by molar-refractivity contribution is 0.427. The van der Waals surface area contributed by atoms with Gasteiger partial charge in [0.25, 0.3) is 0 Å². The van der Waals surface area contributed by atoms with Crippen LogP contribution in [0.1, 0.15) is 38.2 Å². The minimum absolute atomic E-state index is 0.148. The highest BCUT2D eigenvalue weighted by Crippen LogP contribution is 2.30. The smallest absolute Gasteiger partial charge is 0.242 e. The second-order valence-electron chi connectivity index (χ2n) is 5.29. The molecule has 1 aromatic rings. The predicted octanol–water partition coefficient (Wildman–Crippen LogP) is 1.00. The van der Waals surface area contributed by atoms with Crippen LogP contribution < -0.4 is 10.5 Å². The Hall–Kier alpha value is -1.42. The molecular formula is C14H19N3O2S. The van der Waals surface area contributed by atoms with Gasteiger partial charge in [-0.25, -0.2) is 13.1 Å². The molecule has 5 nitrogen and oxygen atoms in total. The van der Waals surface area contributed by atoms with Crippen LogP contribution in [0.5, 0.6) is 0 Å². The van der Waals surface area contributed by atoms with E-state index in [1.54, 1.807) is 0 Å². The summed E-state index contributed by atoms with van der Waals surface area (Å²) in [5.41, 5.74) is 5.50. The molecule has 0 unspecified atom stereocenters. The van der Waals surface area contributed by atoms with E-state index in [1.165, 1.54) is 18.5 Å². The highest BCUT2D eigenvalue weighted by molar-refractivity contribution is 7.89. The third kappa shape index (κ3) is 3.57. The van der Waals surface area contributed by atoms with Crippen LogP contribution in [0.25, 0.3) is 0 Å². The van der Waals surface area contributed by atoms with E-state index in [0.29, 0.717) is 5.56 Å². The molecule has 1 aliphatic rings. The number of aromatic nitrogens is 1. The molecule has 0 amide bonds. The molecule has 0 radical (unpaired) electrons. The molecule has 0 saturated heterocycles. The van der Waals surface area contributed by atoms with E-state index in [9.17, 15) is 8.42 Å². The summed E-state index contributed by atoms with van der Waals surface area (Å²) in [6, 6.07) is 1.52. The summed E-state index contributed by atoms with van der Waals surface area (Å²) in [7, 11) is -3.56. The van der Waals surface area contributed by atoms with E-state index in [-0.39, 0.29) is 17.0 Å². The van der Waals surface area contributed by atoms with Gasteiger partial charge in [-0.2, -0.15) is 0 Å². The molecule has 2 rings (SSSR count). The van der Waals surface area contributed by atoms with Crippen LogP contribution in [0.15, 0.2) is 23.4 Å². The fourth-order valence-electron chi connectivity index (χ4n) is 2.43. The summed E-state index contributed by atoms with van der Waals surface area (Å²) in [6.45, 7) is 2.18. The zero-order valence-corrected chi connectivity index (χ0v) is 12.3. The molecule has 0 spiro atoms. The average Bonchev–Trinajstić information content (AvgIpc) is 2.82. The van der Waals surface area contributed by atoms with Crippen LogP contribution in [-0.2, 0) is 10.0 Å². The summed E-state index contributed by atoms with van der Waals surface area (Å²) < 4.78 is 27.6. The van der Waals surface area contributed by atoms with Gasteiger partial charge in [0, 0.05) is 23.5 Å². The summed E-state index contributed by atoms with van der Waals surface area (Å²) in [6.07, 6.45) is 6.71. The molecule has 3 N–H and O–H groups in total. The standard InChI is InChI=1S/C14H19N3O2S/c1-14(6-2-3-7-14)17-20(18,19)13-9-12(5-4-8-15)10-16-11-13/h9-11,17H,2-3,6-8,15H2,1H3. The number of nitrogens with two attached hydrogens (primary N) is 1. The zero-order chi connectivity index (χ0) is 14.6. The molecule has 0 bridgehead atoms. The summed E-state index contributed by atoms with van der Waals surface area (Å²) in [5, 5.41) is 0. The topological polar surface area (TPSA) is 85.1 Å². The van der Waals surface area contributed by atoms with Gasteiger partial charge < -0.3 is 5.73 Å². The Morgan fingerprint density at radius 3 is 2.75 bits per heavy atom. The minimum Gasteiger partial charge on any atom is -0.320 e. The number of sulfonamides is 1. The highest BCUT2D eigenvalue weighted by Gasteiger charge is 2.33. The number of pyridine rings is 1. The molecule has 108 valence electrons. The molecule has 1 saturated carbocycles. The average molecular weight is 293 g/mol. The second kappa shape index (κ2) is 5.92. The van der Waals surface area contributed by atoms with E-state index in [1.807, 2.05) is 6.92 Å². The van der Waals surface area contributed by atoms with Crippen molar-refractivity contribution in [3.63, 3.8) is 0 Å². The Kier molecular flexibility index (Phi) is 4.43. The van der Waals surface area contributed by atoms with Crippen LogP contribution in [0.2, 0.25) is 0 Å². The Morgan fingerprint density at radius 2 is 2.10 bits per heavy atom. The van der Waals surface area contributed by atoms with Crippen molar-refractivity contribution in [1.29, 1.82) is 0 Å². The van der Waals surface area contributed by atoms with Crippen molar-refractivity contribution in [3.05, 3.63) is 24.0 Å². The molecule has 0 aliphatic heterocycles. The minimum atomic E-state index is -3.56. The number of hydrogen-bond acceptors (Lipinski definition) is 4. The normalized spacial score (nSPS) is 17.5. The lowest BCUT2D eigenvalue weighted by Gasteiger charge is -2.24. The van der Waals surface area contributed by atoms with E-state index in [0.717, 1.165) is 25.7 Å². The van der Waals surface area contributed by atoms with Crippen molar-refractivity contribution in [2.24, 2.45) is 5.73 Å². The maximum Gasteiger partial charge on any atom is 0.242 e. The van der Waals surface area contributed by atoms with Gasteiger partial charge in [-0.1, -0.05) is 24.7 Å². The fourth-order valence-corrected chi connectivity index (χ4v) is 3.88. The predicted molar refractivity (Wildman–Crippen MR) is 77.4 cm³/mol. The van der Waals surface area contributed by atoms with Crippen molar-refractivity contribution >= 4 is 10.0 Å². The van der Waals surface area contributed by atoms with Crippen LogP contribution in [0.4, 0.5) is 0 Å². The molecule has 0 atom stereocenters. The van der Waals surface area contributed by atoms with Crippen molar-refractivity contribution in [3.8, 4) is 11.8 Å². The molecular weight excluding hydrogens is 274 g/mol. The number of nitrogens with one attached hydrogen (secondary N) is 1. The van der Waals surface area contributed by atoms with Gasteiger partial charge in [0.1, 0.15) is 4.90 Å². The molecule has 1 aliphatic carbocycles. The summed E-state index contributed by atoms with van der Waals surface area (Å²) in [5.74, 6) is 5.48. The Bertz CT molecular complexity index is 638. The molecule has 1 fully saturated rings. The molecule has 6 heteroatoms. The number of nitrogens with zero attached hydrogens (tertiary/aromatic N) is 1. The first-order valence-electron chi connectivity index (χ1n) is 6.63. The molecule has 20 heavy (non-hydrogen) atoms. The van der Waals surface area contributed by atoms with Crippen molar-refractivity contribution in [2.75, 3.05) is 6.54 Å². The fraction of sp³-hybridized carbons (Fsp3) is 0.500. The Morgan fingerprint density at radius 1 is 1.40 bits per heavy atom. The third-order valence-corrected chi connectivity index (χ3v) is 5.05. The number of rotatable bonds is 3. The van der Waals surface area contributed by atoms with Crippen LogP contribution >= 0.6 is 0 Å². The third-order valence-electron chi connectivity index (χ3n) is 3.45. The lowest BCUT2D eigenvalue weighted by Crippen LogP contribution is -2.43. The first kappa shape index (κ1) is 15.0. The first-order chi connectivity index (χ1) is 9.45. The molecule has 0 aromatic carbocycles. The van der Waals surface area contributed by atoms with Gasteiger partial charge in [-0.15, -0.1) is 0 Å². The highest BCUT2D eigenvalue weighted by atomic mass is 32.2. The number of hydrogen-bond donors (Lipinski definition) is 2. The van der Waals surface area contributed by atoms with E-state index >= 15 is 0 Å². The van der Waals surface area contributed by atoms with Crippen LogP contribution in [0.3, 0.4) is 0 Å². The van der Waals surface area contributed by atoms with E-state index in [4.69, 9.17) is 5.73 Å². The van der Waals surface area contributed by atoms with Gasteiger partial charge in [0.05, 0.1) is 6.54 Å². The van der Waals surface area contributed by atoms with Crippen molar-refractivity contribution in [2.45, 2.75) is 43.0 Å². The first-order valence-corrected chi connectivity index (χ1v) is 8.11. The van der Waals surface area contributed by atoms with Gasteiger partial charge in [0.15, 0.2) is 0 Å². The van der Waals surface area contributed by atoms with Gasteiger partial charge >= 0.3 is 0 Å². The van der Waals surface area contributed by atoms with Crippen LogP contribution in [-0.4, -0.2) is 25.5 Å². The zero-order valence-electron chi connectivity index (χ0n) is 11.5. The van der Waals surface area contributed by atoms with Crippen molar-refractivity contribution < 1.29 is 8.42 Å². The largest absolute Gasteiger partial charge is 0.320 e. The van der Waals surface area contributed by atoms with Gasteiger partial charge in [-0.05, 0) is 25.8 Å². The van der Waals surface area contributed by atoms with Crippen molar-refractivity contribution in [1.82, 2.24) is 9.71 Å². The maximum absolute atomic E-state index is 12.4. The quantitative estimate of drug-likeness (QED) is 0.814. The van der Waals surface area contributed by atoms with Crippen LogP contribution in [0, 0.1) is 11.8 Å². The van der Waals surface area contributed by atoms with E-state index in [2.05, 4.69) is 21.5 Å². The van der Waals surface area contributed by atoms with Gasteiger partial charge in [0.2, 0.25) is 10.0 Å². The summed E-state index contributed by atoms with van der Waals surface area (Å²) in [4.78, 5) is 4.09.